The number of urea groups is 1. The molecule has 4 heterocycles. The van der Waals surface area contributed by atoms with Crippen LogP contribution in [0.4, 0.5) is 16.3 Å². The number of piperidine rings is 1. The average molecular weight is 571 g/mol. The van der Waals surface area contributed by atoms with E-state index in [4.69, 9.17) is 24.9 Å². The summed E-state index contributed by atoms with van der Waals surface area (Å²) in [6.45, 7) is 4.05. The maximum Gasteiger partial charge on any atom is 0.319 e. The topological polar surface area (TPSA) is 138 Å². The minimum Gasteiger partial charge on any atom is -0.395 e. The molecule has 2 aromatic carbocycles. The van der Waals surface area contributed by atoms with Crippen molar-refractivity contribution in [3.8, 4) is 11.4 Å². The summed E-state index contributed by atoms with van der Waals surface area (Å²) in [5.74, 6) is 1.45. The van der Waals surface area contributed by atoms with Gasteiger partial charge in [0.05, 0.1) is 37.4 Å². The molecule has 4 aromatic rings. The monoisotopic (exact) mass is 570 g/mol. The van der Waals surface area contributed by atoms with E-state index >= 15 is 0 Å². The summed E-state index contributed by atoms with van der Waals surface area (Å²) in [4.78, 5) is 39.1. The molecule has 3 N–H and O–H groups in total. The molecule has 2 aliphatic rings. The van der Waals surface area contributed by atoms with E-state index in [9.17, 15) is 9.59 Å². The van der Waals surface area contributed by atoms with E-state index in [1.807, 2.05) is 58.2 Å². The van der Waals surface area contributed by atoms with E-state index in [2.05, 4.69) is 15.5 Å². The molecule has 0 aliphatic carbocycles. The Morgan fingerprint density at radius 3 is 2.40 bits per heavy atom. The van der Waals surface area contributed by atoms with Crippen LogP contribution in [-0.4, -0.2) is 94.2 Å². The second-order valence-corrected chi connectivity index (χ2v) is 10.4. The molecule has 12 nitrogen and oxygen atoms in total. The number of likely N-dealkylation sites (tertiary alicyclic amines) is 1. The van der Waals surface area contributed by atoms with Gasteiger partial charge in [-0.2, -0.15) is 5.10 Å². The highest BCUT2D eigenvalue weighted by Gasteiger charge is 2.28. The van der Waals surface area contributed by atoms with E-state index in [0.29, 0.717) is 43.4 Å². The van der Waals surface area contributed by atoms with E-state index < -0.39 is 0 Å². The summed E-state index contributed by atoms with van der Waals surface area (Å²) in [5, 5.41) is 19.9. The number of anilines is 2. The van der Waals surface area contributed by atoms with E-state index in [0.717, 1.165) is 48.3 Å². The average Bonchev–Trinajstić information content (AvgIpc) is 3.48. The first-order chi connectivity index (χ1) is 20.6. The first-order valence-electron chi connectivity index (χ1n) is 14.3. The zero-order valence-electron chi connectivity index (χ0n) is 23.3. The van der Waals surface area contributed by atoms with Crippen LogP contribution in [0.2, 0.25) is 0 Å². The number of nitrogens with one attached hydrogen (secondary N) is 2. The Balaban J connectivity index is 1.27. The van der Waals surface area contributed by atoms with Crippen molar-refractivity contribution in [1.29, 1.82) is 0 Å². The molecule has 0 unspecified atom stereocenters. The van der Waals surface area contributed by atoms with Crippen LogP contribution in [0.25, 0.3) is 22.4 Å². The van der Waals surface area contributed by atoms with Gasteiger partial charge in [0, 0.05) is 49.5 Å². The number of benzene rings is 2. The molecule has 2 aliphatic heterocycles. The Kier molecular flexibility index (Phi) is 8.24. The third kappa shape index (κ3) is 5.90. The van der Waals surface area contributed by atoms with Crippen molar-refractivity contribution in [2.24, 2.45) is 0 Å². The highest BCUT2D eigenvalue weighted by atomic mass is 16.5. The first kappa shape index (κ1) is 27.6. The van der Waals surface area contributed by atoms with Gasteiger partial charge < -0.3 is 30.3 Å². The van der Waals surface area contributed by atoms with Gasteiger partial charge in [-0.3, -0.25) is 4.79 Å². The second kappa shape index (κ2) is 12.5. The number of fused-ring (bicyclic) bond motifs is 1. The molecule has 2 saturated heterocycles. The Morgan fingerprint density at radius 1 is 0.952 bits per heavy atom. The summed E-state index contributed by atoms with van der Waals surface area (Å²) < 4.78 is 7.58. The number of carbonyl (C=O) groups excluding carboxylic acids is 2. The van der Waals surface area contributed by atoms with Crippen molar-refractivity contribution in [2.75, 3.05) is 62.8 Å². The Hall–Kier alpha value is -4.55. The van der Waals surface area contributed by atoms with E-state index in [1.165, 1.54) is 0 Å². The molecule has 2 aromatic heterocycles. The number of morpholine rings is 1. The SMILES string of the molecule is O=C(NCCO)Nc1ccc(-c2nc(N3CCOCC3)c3cnn(C4CCN(C(=O)c5ccccc5)CC4)c3n2)cc1. The summed E-state index contributed by atoms with van der Waals surface area (Å²) in [5.41, 5.74) is 2.90. The minimum absolute atomic E-state index is 0.0578. The molecule has 2 fully saturated rings. The third-order valence-corrected chi connectivity index (χ3v) is 7.66. The summed E-state index contributed by atoms with van der Waals surface area (Å²) >= 11 is 0. The van der Waals surface area contributed by atoms with Gasteiger partial charge in [0.25, 0.3) is 5.91 Å². The van der Waals surface area contributed by atoms with Crippen LogP contribution >= 0.6 is 0 Å². The zero-order valence-corrected chi connectivity index (χ0v) is 23.3. The predicted molar refractivity (Wildman–Crippen MR) is 159 cm³/mol. The summed E-state index contributed by atoms with van der Waals surface area (Å²) in [6.07, 6.45) is 3.41. The van der Waals surface area contributed by atoms with Gasteiger partial charge in [0.2, 0.25) is 0 Å². The van der Waals surface area contributed by atoms with Crippen molar-refractivity contribution in [3.63, 3.8) is 0 Å². The minimum atomic E-state index is -0.385. The normalized spacial score (nSPS) is 16.0. The van der Waals surface area contributed by atoms with Gasteiger partial charge in [0.1, 0.15) is 5.82 Å². The lowest BCUT2D eigenvalue weighted by molar-refractivity contribution is 0.0691. The zero-order chi connectivity index (χ0) is 28.9. The van der Waals surface area contributed by atoms with Gasteiger partial charge in [-0.15, -0.1) is 0 Å². The molecule has 12 heteroatoms. The number of nitrogens with zero attached hydrogens (tertiary/aromatic N) is 6. The van der Waals surface area contributed by atoms with Crippen molar-refractivity contribution in [2.45, 2.75) is 18.9 Å². The van der Waals surface area contributed by atoms with Gasteiger partial charge >= 0.3 is 6.03 Å². The molecular weight excluding hydrogens is 536 g/mol. The predicted octanol–water partition coefficient (Wildman–Crippen LogP) is 2.92. The number of hydrogen-bond acceptors (Lipinski definition) is 8. The molecule has 0 radical (unpaired) electrons. The van der Waals surface area contributed by atoms with Crippen molar-refractivity contribution < 1.29 is 19.4 Å². The number of aliphatic hydroxyl groups excluding tert-OH is 1. The highest BCUT2D eigenvalue weighted by Crippen LogP contribution is 2.32. The maximum absolute atomic E-state index is 13.0. The lowest BCUT2D eigenvalue weighted by Gasteiger charge is -2.32. The number of rotatable bonds is 7. The van der Waals surface area contributed by atoms with Crippen LogP contribution in [-0.2, 0) is 4.74 Å². The van der Waals surface area contributed by atoms with Crippen LogP contribution < -0.4 is 15.5 Å². The summed E-state index contributed by atoms with van der Waals surface area (Å²) in [6, 6.07) is 16.5. The second-order valence-electron chi connectivity index (χ2n) is 10.4. The lowest BCUT2D eigenvalue weighted by atomic mass is 10.0. The number of aliphatic hydroxyl groups is 1. The number of aromatic nitrogens is 4. The van der Waals surface area contributed by atoms with Crippen LogP contribution in [0.1, 0.15) is 29.2 Å². The maximum atomic E-state index is 13.0. The molecule has 3 amide bonds. The fourth-order valence-corrected chi connectivity index (χ4v) is 5.45. The van der Waals surface area contributed by atoms with Crippen molar-refractivity contribution in [1.82, 2.24) is 30.0 Å². The van der Waals surface area contributed by atoms with Crippen LogP contribution in [0.15, 0.2) is 60.8 Å². The van der Waals surface area contributed by atoms with Crippen molar-refractivity contribution >= 4 is 34.5 Å². The number of amides is 3. The van der Waals surface area contributed by atoms with Gasteiger partial charge in [0.15, 0.2) is 11.5 Å². The Labute approximate surface area is 243 Å². The van der Waals surface area contributed by atoms with Gasteiger partial charge in [-0.05, 0) is 49.2 Å². The third-order valence-electron chi connectivity index (χ3n) is 7.66. The highest BCUT2D eigenvalue weighted by molar-refractivity contribution is 5.94. The van der Waals surface area contributed by atoms with Crippen LogP contribution in [0, 0.1) is 0 Å². The first-order valence-corrected chi connectivity index (χ1v) is 14.3. The smallest absolute Gasteiger partial charge is 0.319 e. The van der Waals surface area contributed by atoms with Gasteiger partial charge in [-0.1, -0.05) is 18.2 Å². The fraction of sp³-hybridized carbons (Fsp3) is 0.367. The Morgan fingerprint density at radius 2 is 1.69 bits per heavy atom. The largest absolute Gasteiger partial charge is 0.395 e. The van der Waals surface area contributed by atoms with Crippen LogP contribution in [0.3, 0.4) is 0 Å². The molecular formula is C30H34N8O4. The number of ether oxygens (including phenoxy) is 1. The molecule has 0 saturated carbocycles. The summed E-state index contributed by atoms with van der Waals surface area (Å²) in [7, 11) is 0. The molecule has 218 valence electrons. The lowest BCUT2D eigenvalue weighted by Crippen LogP contribution is -2.39. The number of carbonyl (C=O) groups is 2. The molecule has 42 heavy (non-hydrogen) atoms. The van der Waals surface area contributed by atoms with Gasteiger partial charge in [-0.25, -0.2) is 19.4 Å². The van der Waals surface area contributed by atoms with Crippen molar-refractivity contribution in [3.05, 3.63) is 66.4 Å². The van der Waals surface area contributed by atoms with Crippen LogP contribution in [0.5, 0.6) is 0 Å². The molecule has 0 atom stereocenters. The number of hydrogen-bond donors (Lipinski definition) is 3. The fourth-order valence-electron chi connectivity index (χ4n) is 5.45. The Bertz CT molecular complexity index is 1530. The van der Waals surface area contributed by atoms with E-state index in [1.54, 1.807) is 12.1 Å². The quantitative estimate of drug-likeness (QED) is 0.309. The molecule has 0 bridgehead atoms. The molecule has 0 spiro atoms. The standard InChI is InChI=1S/C30H34N8O4/c39-17-12-31-30(41)33-23-8-6-21(7-9-23)26-34-27(36-15-18-42-19-16-36)25-20-32-38(28(25)35-26)24-10-13-37(14-11-24)29(40)22-4-2-1-3-5-22/h1-9,20,24,39H,10-19H2,(H2,31,33,41). The van der Waals surface area contributed by atoms with E-state index in [-0.39, 0.29) is 31.1 Å². The molecule has 6 rings (SSSR count).